The second kappa shape index (κ2) is 4.02. The van der Waals surface area contributed by atoms with E-state index in [0.29, 0.717) is 22.5 Å². The largest absolute Gasteiger partial charge is 0.274 e. The van der Waals surface area contributed by atoms with Gasteiger partial charge in [-0.25, -0.2) is 4.90 Å². The average molecular weight is 314 g/mol. The number of imide groups is 1. The molecule has 0 radical (unpaired) electrons. The first kappa shape index (κ1) is 12.9. The number of hydrogen-bond donors (Lipinski definition) is 0. The van der Waals surface area contributed by atoms with Crippen LogP contribution in [0.4, 0.5) is 5.69 Å². The lowest BCUT2D eigenvalue weighted by molar-refractivity contribution is -0.124. The van der Waals surface area contributed by atoms with Crippen molar-refractivity contribution in [3.8, 4) is 0 Å². The molecular formula is C18H16ClNO2. The molecule has 0 spiro atoms. The molecule has 6 atom stereocenters. The van der Waals surface area contributed by atoms with Crippen molar-refractivity contribution >= 4 is 29.1 Å². The van der Waals surface area contributed by atoms with Crippen LogP contribution in [0, 0.1) is 42.4 Å². The molecule has 0 N–H and O–H groups in total. The van der Waals surface area contributed by atoms with Crippen molar-refractivity contribution in [2.45, 2.75) is 13.3 Å². The van der Waals surface area contributed by atoms with Gasteiger partial charge in [0.2, 0.25) is 11.8 Å². The Balaban J connectivity index is 1.58. The van der Waals surface area contributed by atoms with Gasteiger partial charge >= 0.3 is 0 Å². The smallest absolute Gasteiger partial charge is 0.238 e. The number of carbonyl (C=O) groups excluding carboxylic acids is 2. The van der Waals surface area contributed by atoms with Gasteiger partial charge in [-0.2, -0.15) is 0 Å². The summed E-state index contributed by atoms with van der Waals surface area (Å²) in [6.45, 7) is 1.91. The fourth-order valence-electron chi connectivity index (χ4n) is 4.93. The zero-order chi connectivity index (χ0) is 15.2. The van der Waals surface area contributed by atoms with E-state index in [1.807, 2.05) is 19.1 Å². The van der Waals surface area contributed by atoms with Gasteiger partial charge in [-0.1, -0.05) is 29.8 Å². The van der Waals surface area contributed by atoms with Crippen molar-refractivity contribution in [1.82, 2.24) is 0 Å². The third-order valence-electron chi connectivity index (χ3n) is 6.08. The summed E-state index contributed by atoms with van der Waals surface area (Å²) in [5.74, 6) is 1.45. The number of rotatable bonds is 1. The van der Waals surface area contributed by atoms with E-state index in [1.54, 1.807) is 6.07 Å². The fourth-order valence-corrected chi connectivity index (χ4v) is 5.11. The molecule has 22 heavy (non-hydrogen) atoms. The topological polar surface area (TPSA) is 37.4 Å². The van der Waals surface area contributed by atoms with Crippen LogP contribution >= 0.6 is 11.6 Å². The van der Waals surface area contributed by atoms with E-state index < -0.39 is 0 Å². The van der Waals surface area contributed by atoms with Crippen LogP contribution in [0.15, 0.2) is 30.4 Å². The van der Waals surface area contributed by atoms with Crippen molar-refractivity contribution in [2.75, 3.05) is 4.90 Å². The summed E-state index contributed by atoms with van der Waals surface area (Å²) in [4.78, 5) is 27.2. The highest BCUT2D eigenvalue weighted by Gasteiger charge is 2.67. The van der Waals surface area contributed by atoms with Crippen LogP contribution in [-0.2, 0) is 9.59 Å². The summed E-state index contributed by atoms with van der Waals surface area (Å²) in [6, 6.07) is 5.43. The molecule has 1 saturated heterocycles. The molecule has 0 aromatic heterocycles. The highest BCUT2D eigenvalue weighted by molar-refractivity contribution is 6.32. The Morgan fingerprint density at radius 2 is 1.64 bits per heavy atom. The summed E-state index contributed by atoms with van der Waals surface area (Å²) in [5, 5.41) is 0.594. The minimum absolute atomic E-state index is 0.0281. The molecule has 112 valence electrons. The monoisotopic (exact) mass is 313 g/mol. The van der Waals surface area contributed by atoms with E-state index in [0.717, 1.165) is 5.56 Å². The molecule has 2 saturated carbocycles. The van der Waals surface area contributed by atoms with Gasteiger partial charge in [-0.15, -0.1) is 0 Å². The molecular weight excluding hydrogens is 298 g/mol. The molecule has 3 nitrogen and oxygen atoms in total. The van der Waals surface area contributed by atoms with E-state index >= 15 is 0 Å². The van der Waals surface area contributed by atoms with E-state index in [2.05, 4.69) is 12.2 Å². The highest BCUT2D eigenvalue weighted by Crippen LogP contribution is 2.65. The van der Waals surface area contributed by atoms with Gasteiger partial charge in [0, 0.05) is 5.02 Å². The lowest BCUT2D eigenvalue weighted by Gasteiger charge is -2.37. The number of carbonyl (C=O) groups is 2. The van der Waals surface area contributed by atoms with Crippen molar-refractivity contribution in [3.05, 3.63) is 40.9 Å². The van der Waals surface area contributed by atoms with Crippen molar-refractivity contribution in [2.24, 2.45) is 35.5 Å². The molecule has 1 aliphatic heterocycles. The highest BCUT2D eigenvalue weighted by atomic mass is 35.5. The standard InChI is InChI=1S/C18H16ClNO2/c1-8-2-3-9(6-14(8)19)20-17(21)15-10-4-5-11(13-7-12(10)13)16(15)18(20)22/h2-6,10-13,15-16H,7H2,1H3/t10-,11-,12-,13+,15-,16-/m1/s1. The minimum Gasteiger partial charge on any atom is -0.274 e. The third kappa shape index (κ3) is 1.43. The Labute approximate surface area is 133 Å². The van der Waals surface area contributed by atoms with Crippen LogP contribution in [0.5, 0.6) is 0 Å². The predicted octanol–water partition coefficient (Wildman–Crippen LogP) is 3.21. The van der Waals surface area contributed by atoms with Crippen LogP contribution in [0.25, 0.3) is 0 Å². The second-order valence-corrected chi connectivity index (χ2v) is 7.51. The van der Waals surface area contributed by atoms with Crippen LogP contribution < -0.4 is 4.90 Å². The summed E-state index contributed by atoms with van der Waals surface area (Å²) in [7, 11) is 0. The summed E-state index contributed by atoms with van der Waals surface area (Å²) in [5.41, 5.74) is 1.57. The van der Waals surface area contributed by atoms with E-state index in [1.165, 1.54) is 11.3 Å². The lowest BCUT2D eigenvalue weighted by Crippen LogP contribution is -2.40. The zero-order valence-corrected chi connectivity index (χ0v) is 13.0. The first-order chi connectivity index (χ1) is 10.6. The van der Waals surface area contributed by atoms with Gasteiger partial charge in [-0.3, -0.25) is 9.59 Å². The van der Waals surface area contributed by atoms with Gasteiger partial charge in [0.05, 0.1) is 17.5 Å². The van der Waals surface area contributed by atoms with Gasteiger partial charge in [0.15, 0.2) is 0 Å². The number of benzene rings is 1. The van der Waals surface area contributed by atoms with Crippen molar-refractivity contribution < 1.29 is 9.59 Å². The van der Waals surface area contributed by atoms with Gasteiger partial charge in [-0.05, 0) is 54.7 Å². The summed E-state index contributed by atoms with van der Waals surface area (Å²) < 4.78 is 0. The number of hydrogen-bond acceptors (Lipinski definition) is 2. The number of amides is 2. The lowest BCUT2D eigenvalue weighted by atomic mass is 9.63. The molecule has 2 amide bonds. The first-order valence-corrected chi connectivity index (χ1v) is 8.28. The van der Waals surface area contributed by atoms with Crippen LogP contribution in [0.2, 0.25) is 5.02 Å². The Morgan fingerprint density at radius 3 is 2.18 bits per heavy atom. The van der Waals surface area contributed by atoms with Gasteiger partial charge < -0.3 is 0 Å². The Kier molecular flexibility index (Phi) is 2.35. The molecule has 1 aromatic rings. The maximum Gasteiger partial charge on any atom is 0.238 e. The predicted molar refractivity (Wildman–Crippen MR) is 83.4 cm³/mol. The third-order valence-corrected chi connectivity index (χ3v) is 6.48. The average Bonchev–Trinajstić information content (AvgIpc) is 3.28. The van der Waals surface area contributed by atoms with Gasteiger partial charge in [0.1, 0.15) is 0 Å². The Hall–Kier alpha value is -1.61. The molecule has 5 aliphatic rings. The van der Waals surface area contributed by atoms with E-state index in [9.17, 15) is 9.59 Å². The molecule has 4 heteroatoms. The SMILES string of the molecule is Cc1ccc(N2C(=O)[C@@H]3[C@@H]4C=C[C@H]([C@@H]5C[C@H]45)[C@H]3C2=O)cc1Cl. The molecule has 4 aliphatic carbocycles. The number of anilines is 1. The molecule has 1 heterocycles. The Bertz CT molecular complexity index is 719. The second-order valence-electron chi connectivity index (χ2n) is 7.10. The molecule has 6 rings (SSSR count). The zero-order valence-electron chi connectivity index (χ0n) is 12.2. The quantitative estimate of drug-likeness (QED) is 0.590. The molecule has 1 aromatic carbocycles. The number of allylic oxidation sites excluding steroid dienone is 2. The van der Waals surface area contributed by atoms with Crippen LogP contribution in [0.1, 0.15) is 12.0 Å². The molecule has 0 unspecified atom stereocenters. The maximum atomic E-state index is 12.9. The fraction of sp³-hybridized carbons (Fsp3) is 0.444. The van der Waals surface area contributed by atoms with Crippen molar-refractivity contribution in [3.63, 3.8) is 0 Å². The number of aryl methyl sites for hydroxylation is 1. The molecule has 2 bridgehead atoms. The first-order valence-electron chi connectivity index (χ1n) is 7.90. The maximum absolute atomic E-state index is 12.9. The Morgan fingerprint density at radius 1 is 1.05 bits per heavy atom. The number of nitrogens with zero attached hydrogens (tertiary/aromatic N) is 1. The van der Waals surface area contributed by atoms with Gasteiger partial charge in [0.25, 0.3) is 0 Å². The van der Waals surface area contributed by atoms with Crippen molar-refractivity contribution in [1.29, 1.82) is 0 Å². The molecule has 3 fully saturated rings. The van der Waals surface area contributed by atoms with E-state index in [4.69, 9.17) is 11.6 Å². The summed E-state index contributed by atoms with van der Waals surface area (Å²) in [6.07, 6.45) is 5.57. The minimum atomic E-state index is -0.147. The van der Waals surface area contributed by atoms with Crippen LogP contribution in [0.3, 0.4) is 0 Å². The normalized spacial score (nSPS) is 40.9. The van der Waals surface area contributed by atoms with E-state index in [-0.39, 0.29) is 35.5 Å². The summed E-state index contributed by atoms with van der Waals surface area (Å²) >= 11 is 6.18. The number of halogens is 1. The van der Waals surface area contributed by atoms with Crippen LogP contribution in [-0.4, -0.2) is 11.8 Å².